The van der Waals surface area contributed by atoms with Gasteiger partial charge in [0.05, 0.1) is 0 Å². The second kappa shape index (κ2) is 2.50. The zero-order valence-corrected chi connectivity index (χ0v) is 4.60. The van der Waals surface area contributed by atoms with Gasteiger partial charge in [-0.05, 0) is 13.3 Å². The predicted molar refractivity (Wildman–Crippen MR) is 28.2 cm³/mol. The Labute approximate surface area is 43.1 Å². The maximum absolute atomic E-state index is 8.26. The average molecular weight is 102 g/mol. The van der Waals surface area contributed by atoms with Gasteiger partial charge in [0.25, 0.3) is 5.95 Å². The van der Waals surface area contributed by atoms with Crippen molar-refractivity contribution in [2.24, 2.45) is 0 Å². The van der Waals surface area contributed by atoms with Crippen LogP contribution in [0, 0.1) is 0 Å². The van der Waals surface area contributed by atoms with Crippen LogP contribution in [0.1, 0.15) is 20.3 Å². The molecule has 0 unspecified atom stereocenters. The van der Waals surface area contributed by atoms with Crippen molar-refractivity contribution in [3.8, 4) is 0 Å². The zero-order valence-electron chi connectivity index (χ0n) is 4.60. The fourth-order valence-electron chi connectivity index (χ4n) is 0.158. The zero-order chi connectivity index (χ0) is 5.86. The molecule has 0 saturated heterocycles. The Balaban J connectivity index is 3.72. The van der Waals surface area contributed by atoms with Crippen LogP contribution < -0.4 is 0 Å². The van der Waals surface area contributed by atoms with Gasteiger partial charge >= 0.3 is 0 Å². The smallest absolute Gasteiger partial charge is 0.272 e. The van der Waals surface area contributed by atoms with E-state index in [2.05, 4.69) is 0 Å². The lowest BCUT2D eigenvalue weighted by Crippen LogP contribution is -1.81. The van der Waals surface area contributed by atoms with Crippen molar-refractivity contribution in [2.75, 3.05) is 0 Å². The molecular weight excluding hydrogens is 92.1 g/mol. The molecule has 0 atom stereocenters. The average Bonchev–Trinajstić information content (AvgIpc) is 1.65. The monoisotopic (exact) mass is 102 g/mol. The molecule has 0 spiro atoms. The molecule has 0 heterocycles. The highest BCUT2D eigenvalue weighted by Gasteiger charge is 1.89. The summed E-state index contributed by atoms with van der Waals surface area (Å²) in [5.41, 5.74) is 0.625. The van der Waals surface area contributed by atoms with Crippen molar-refractivity contribution in [2.45, 2.75) is 20.3 Å². The Hall–Kier alpha value is -0.660. The number of aliphatic hydroxyl groups excluding tert-OH is 1. The highest BCUT2D eigenvalue weighted by molar-refractivity contribution is 4.95. The molecule has 0 radical (unpaired) electrons. The van der Waals surface area contributed by atoms with E-state index < -0.39 is 5.95 Å². The lowest BCUT2D eigenvalue weighted by Gasteiger charge is -1.91. The fraction of sp³-hybridized carbons (Fsp3) is 0.600. The first-order valence-electron chi connectivity index (χ1n) is 2.26. The summed E-state index contributed by atoms with van der Waals surface area (Å²) in [6.07, 6.45) is 0.697. The minimum absolute atomic E-state index is 0.539. The molecule has 0 bridgehead atoms. The first-order valence-corrected chi connectivity index (χ1v) is 2.26. The van der Waals surface area contributed by atoms with E-state index in [1.807, 2.05) is 6.92 Å². The molecule has 0 aliphatic carbocycles. The number of hydrogen-bond acceptors (Lipinski definition) is 2. The molecular formula is C5H10O2. The topological polar surface area (TPSA) is 40.5 Å². The van der Waals surface area contributed by atoms with Gasteiger partial charge in [0.1, 0.15) is 0 Å². The first kappa shape index (κ1) is 6.34. The predicted octanol–water partition coefficient (Wildman–Crippen LogP) is 1.74. The van der Waals surface area contributed by atoms with Gasteiger partial charge in [-0.25, -0.2) is 0 Å². The number of allylic oxidation sites excluding steroid dienone is 1. The van der Waals surface area contributed by atoms with Crippen molar-refractivity contribution in [1.29, 1.82) is 0 Å². The van der Waals surface area contributed by atoms with Crippen LogP contribution >= 0.6 is 0 Å². The Bertz CT molecular complexity index is 80.1. The van der Waals surface area contributed by atoms with Gasteiger partial charge in [0.2, 0.25) is 0 Å². The molecule has 2 nitrogen and oxygen atoms in total. The molecule has 2 heteroatoms. The van der Waals surface area contributed by atoms with Crippen molar-refractivity contribution in [3.63, 3.8) is 0 Å². The van der Waals surface area contributed by atoms with Crippen LogP contribution in [0.3, 0.4) is 0 Å². The summed E-state index contributed by atoms with van der Waals surface area (Å²) < 4.78 is 0. The second-order valence-electron chi connectivity index (χ2n) is 1.46. The third-order valence-electron chi connectivity index (χ3n) is 0.912. The maximum atomic E-state index is 8.26. The summed E-state index contributed by atoms with van der Waals surface area (Å²) in [5, 5.41) is 16.5. The molecule has 0 aliphatic heterocycles. The molecule has 0 saturated carbocycles. The largest absolute Gasteiger partial charge is 0.481 e. The Morgan fingerprint density at radius 1 is 1.43 bits per heavy atom. The molecule has 42 valence electrons. The summed E-state index contributed by atoms with van der Waals surface area (Å²) in [4.78, 5) is 0. The third kappa shape index (κ3) is 2.09. The van der Waals surface area contributed by atoms with Crippen LogP contribution in [0.5, 0.6) is 0 Å². The maximum Gasteiger partial charge on any atom is 0.272 e. The Kier molecular flexibility index (Phi) is 2.27. The highest BCUT2D eigenvalue weighted by atomic mass is 16.5. The van der Waals surface area contributed by atoms with Gasteiger partial charge < -0.3 is 10.2 Å². The van der Waals surface area contributed by atoms with Gasteiger partial charge in [-0.3, -0.25) is 0 Å². The molecule has 0 aromatic rings. The molecule has 0 fully saturated rings. The van der Waals surface area contributed by atoms with Crippen LogP contribution in [0.25, 0.3) is 0 Å². The van der Waals surface area contributed by atoms with Crippen molar-refractivity contribution in [3.05, 3.63) is 11.5 Å². The second-order valence-corrected chi connectivity index (χ2v) is 1.46. The molecule has 7 heavy (non-hydrogen) atoms. The van der Waals surface area contributed by atoms with E-state index in [0.717, 1.165) is 0 Å². The van der Waals surface area contributed by atoms with Crippen LogP contribution in [0.2, 0.25) is 0 Å². The highest BCUT2D eigenvalue weighted by Crippen LogP contribution is 1.99. The van der Waals surface area contributed by atoms with E-state index in [1.165, 1.54) is 0 Å². The van der Waals surface area contributed by atoms with Gasteiger partial charge in [-0.15, -0.1) is 0 Å². The van der Waals surface area contributed by atoms with Gasteiger partial charge in [-0.1, -0.05) is 6.92 Å². The van der Waals surface area contributed by atoms with Crippen LogP contribution in [-0.2, 0) is 0 Å². The van der Waals surface area contributed by atoms with Crippen LogP contribution in [-0.4, -0.2) is 10.2 Å². The van der Waals surface area contributed by atoms with Crippen molar-refractivity contribution < 1.29 is 10.2 Å². The summed E-state index contributed by atoms with van der Waals surface area (Å²) in [5.74, 6) is -0.539. The number of aliphatic hydroxyl groups is 2. The van der Waals surface area contributed by atoms with Crippen molar-refractivity contribution >= 4 is 0 Å². The molecule has 0 aliphatic rings. The lowest BCUT2D eigenvalue weighted by molar-refractivity contribution is 0.184. The van der Waals surface area contributed by atoms with Gasteiger partial charge in [0.15, 0.2) is 0 Å². The quantitative estimate of drug-likeness (QED) is 0.495. The minimum Gasteiger partial charge on any atom is -0.481 e. The van der Waals surface area contributed by atoms with E-state index in [9.17, 15) is 0 Å². The lowest BCUT2D eigenvalue weighted by atomic mass is 10.3. The summed E-state index contributed by atoms with van der Waals surface area (Å²) >= 11 is 0. The molecule has 0 rings (SSSR count). The van der Waals surface area contributed by atoms with E-state index >= 15 is 0 Å². The molecule has 0 aromatic carbocycles. The van der Waals surface area contributed by atoms with Crippen LogP contribution in [0.4, 0.5) is 0 Å². The Morgan fingerprint density at radius 2 is 1.86 bits per heavy atom. The first-order chi connectivity index (χ1) is 3.18. The third-order valence-corrected chi connectivity index (χ3v) is 0.912. The van der Waals surface area contributed by atoms with E-state index in [4.69, 9.17) is 10.2 Å². The summed E-state index contributed by atoms with van der Waals surface area (Å²) in [6, 6.07) is 0. The fourth-order valence-corrected chi connectivity index (χ4v) is 0.158. The van der Waals surface area contributed by atoms with Gasteiger partial charge in [-0.2, -0.15) is 0 Å². The van der Waals surface area contributed by atoms with Gasteiger partial charge in [0, 0.05) is 5.57 Å². The SMILES string of the molecule is CCC(C)=C(O)O. The molecule has 0 amide bonds. The van der Waals surface area contributed by atoms with Crippen LogP contribution in [0.15, 0.2) is 11.5 Å². The number of rotatable bonds is 1. The normalized spacial score (nSPS) is 8.29. The van der Waals surface area contributed by atoms with E-state index in [1.54, 1.807) is 6.92 Å². The Morgan fingerprint density at radius 3 is 1.86 bits per heavy atom. The molecule has 0 aromatic heterocycles. The minimum atomic E-state index is -0.539. The van der Waals surface area contributed by atoms with E-state index in [-0.39, 0.29) is 0 Å². The number of hydrogen-bond donors (Lipinski definition) is 2. The summed E-state index contributed by atoms with van der Waals surface area (Å²) in [6.45, 7) is 3.54. The van der Waals surface area contributed by atoms with Crippen molar-refractivity contribution in [1.82, 2.24) is 0 Å². The van der Waals surface area contributed by atoms with E-state index in [0.29, 0.717) is 12.0 Å². The standard InChI is InChI=1S/C5H10O2/c1-3-4(2)5(6)7/h6-7H,3H2,1-2H3. The molecule has 2 N–H and O–H groups in total. The summed E-state index contributed by atoms with van der Waals surface area (Å²) in [7, 11) is 0.